The molecule has 0 aliphatic rings. The lowest BCUT2D eigenvalue weighted by Gasteiger charge is -2.33. The summed E-state index contributed by atoms with van der Waals surface area (Å²) in [5, 5.41) is 2.98. The van der Waals surface area contributed by atoms with E-state index >= 15 is 0 Å². The van der Waals surface area contributed by atoms with Crippen molar-refractivity contribution in [3.05, 3.63) is 0 Å². The van der Waals surface area contributed by atoms with Crippen LogP contribution in [0, 0.1) is 5.41 Å². The zero-order valence-electron chi connectivity index (χ0n) is 9.79. The smallest absolute Gasteiger partial charge is 0.230 e. The number of likely N-dealkylation sites (N-methyl/N-ethyl adjacent to an activating group) is 1. The Kier molecular flexibility index (Phi) is 5.52. The maximum atomic E-state index is 11.2. The van der Waals surface area contributed by atoms with Gasteiger partial charge in [-0.05, 0) is 19.5 Å². The molecule has 0 spiro atoms. The summed E-state index contributed by atoms with van der Waals surface area (Å²) in [6.45, 7) is 7.23. The van der Waals surface area contributed by atoms with Crippen LogP contribution in [0.2, 0.25) is 0 Å². The lowest BCUT2D eigenvalue weighted by Crippen LogP contribution is -2.49. The van der Waals surface area contributed by atoms with Gasteiger partial charge in [0, 0.05) is 12.6 Å². The van der Waals surface area contributed by atoms with Gasteiger partial charge in [-0.25, -0.2) is 0 Å². The van der Waals surface area contributed by atoms with Crippen molar-refractivity contribution in [2.45, 2.75) is 26.8 Å². The van der Waals surface area contributed by atoms with Gasteiger partial charge in [0.1, 0.15) is 0 Å². The highest BCUT2D eigenvalue weighted by Crippen LogP contribution is 2.19. The fraction of sp³-hybridized carbons (Fsp3) is 0.900. The number of nitrogens with zero attached hydrogens (tertiary/aromatic N) is 1. The van der Waals surface area contributed by atoms with Gasteiger partial charge in [-0.1, -0.05) is 20.8 Å². The molecule has 4 heteroatoms. The number of amides is 1. The van der Waals surface area contributed by atoms with Gasteiger partial charge < -0.3 is 10.2 Å². The van der Waals surface area contributed by atoms with Gasteiger partial charge >= 0.3 is 0 Å². The first-order valence-electron chi connectivity index (χ1n) is 4.82. The number of nitrogens with one attached hydrogen (secondary N) is 1. The minimum Gasteiger partial charge on any atom is -0.351 e. The molecule has 0 aromatic rings. The van der Waals surface area contributed by atoms with E-state index in [0.717, 1.165) is 6.54 Å². The maximum absolute atomic E-state index is 11.2. The Morgan fingerprint density at radius 1 is 1.43 bits per heavy atom. The first-order valence-corrected chi connectivity index (χ1v) is 5.45. The summed E-state index contributed by atoms with van der Waals surface area (Å²) in [5.74, 6) is 0.245. The van der Waals surface area contributed by atoms with E-state index in [4.69, 9.17) is 0 Å². The number of carbonyl (C=O) groups excluding carboxylic acids is 1. The summed E-state index contributed by atoms with van der Waals surface area (Å²) < 4.78 is 0. The molecule has 0 heterocycles. The molecule has 0 aromatic carbocycles. The Balaban J connectivity index is 4.33. The van der Waals surface area contributed by atoms with E-state index < -0.39 is 0 Å². The number of hydrogen-bond donors (Lipinski definition) is 2. The van der Waals surface area contributed by atoms with Crippen molar-refractivity contribution in [3.63, 3.8) is 0 Å². The van der Waals surface area contributed by atoms with Crippen LogP contribution in [0.3, 0.4) is 0 Å². The van der Waals surface area contributed by atoms with Crippen molar-refractivity contribution < 1.29 is 4.79 Å². The number of hydrogen-bond acceptors (Lipinski definition) is 3. The third kappa shape index (κ3) is 5.50. The summed E-state index contributed by atoms with van der Waals surface area (Å²) >= 11 is 3.95. The maximum Gasteiger partial charge on any atom is 0.230 e. The molecule has 0 fully saturated rings. The van der Waals surface area contributed by atoms with Gasteiger partial charge in [0.25, 0.3) is 0 Å². The van der Waals surface area contributed by atoms with Gasteiger partial charge in [0.2, 0.25) is 5.91 Å². The molecule has 0 saturated heterocycles. The van der Waals surface area contributed by atoms with Gasteiger partial charge in [-0.2, -0.15) is 12.6 Å². The minimum atomic E-state index is -0.00453. The molecule has 1 N–H and O–H groups in total. The highest BCUT2D eigenvalue weighted by molar-refractivity contribution is 7.81. The summed E-state index contributed by atoms with van der Waals surface area (Å²) in [7, 11) is 4.01. The molecule has 0 aliphatic heterocycles. The van der Waals surface area contributed by atoms with Crippen LogP contribution in [0.15, 0.2) is 0 Å². The van der Waals surface area contributed by atoms with E-state index in [0.29, 0.717) is 0 Å². The summed E-state index contributed by atoms with van der Waals surface area (Å²) in [4.78, 5) is 13.3. The third-order valence-electron chi connectivity index (χ3n) is 2.07. The predicted molar refractivity (Wildman–Crippen MR) is 63.8 cm³/mol. The van der Waals surface area contributed by atoms with E-state index in [1.165, 1.54) is 0 Å². The number of carbonyl (C=O) groups is 1. The van der Waals surface area contributed by atoms with E-state index in [1.807, 2.05) is 14.1 Å². The molecule has 0 saturated carbocycles. The van der Waals surface area contributed by atoms with Crippen LogP contribution in [0.1, 0.15) is 20.8 Å². The highest BCUT2D eigenvalue weighted by atomic mass is 32.1. The lowest BCUT2D eigenvalue weighted by molar-refractivity contribution is -0.120. The minimum absolute atomic E-state index is 0.00453. The number of thiol groups is 1. The van der Waals surface area contributed by atoms with Crippen molar-refractivity contribution >= 4 is 18.5 Å². The summed E-state index contributed by atoms with van der Waals surface area (Å²) in [6.07, 6.45) is 0. The normalized spacial score (nSPS) is 14.2. The molecule has 1 unspecified atom stereocenters. The second-order valence-corrected chi connectivity index (χ2v) is 5.22. The molecule has 84 valence electrons. The first-order chi connectivity index (χ1) is 6.27. The van der Waals surface area contributed by atoms with Crippen LogP contribution in [0.25, 0.3) is 0 Å². The largest absolute Gasteiger partial charge is 0.351 e. The molecule has 0 aliphatic carbocycles. The lowest BCUT2D eigenvalue weighted by atomic mass is 9.86. The summed E-state index contributed by atoms with van der Waals surface area (Å²) in [6, 6.07) is 0.164. The van der Waals surface area contributed by atoms with Gasteiger partial charge in [0.15, 0.2) is 0 Å². The SMILES string of the molecule is CN(C)CC(NC(=O)CS)C(C)(C)C. The van der Waals surface area contributed by atoms with Crippen LogP contribution in [0.4, 0.5) is 0 Å². The van der Waals surface area contributed by atoms with Crippen LogP contribution in [-0.4, -0.2) is 43.2 Å². The van der Waals surface area contributed by atoms with E-state index in [9.17, 15) is 4.79 Å². The van der Waals surface area contributed by atoms with Crippen molar-refractivity contribution in [2.24, 2.45) is 5.41 Å². The van der Waals surface area contributed by atoms with Gasteiger partial charge in [0.05, 0.1) is 5.75 Å². The van der Waals surface area contributed by atoms with Gasteiger partial charge in [-0.3, -0.25) is 4.79 Å². The molecule has 14 heavy (non-hydrogen) atoms. The monoisotopic (exact) mass is 218 g/mol. The molecule has 0 aromatic heterocycles. The second-order valence-electron chi connectivity index (χ2n) is 4.91. The molecule has 0 bridgehead atoms. The third-order valence-corrected chi connectivity index (χ3v) is 2.36. The van der Waals surface area contributed by atoms with Crippen molar-refractivity contribution in [3.8, 4) is 0 Å². The fourth-order valence-electron chi connectivity index (χ4n) is 1.14. The molecule has 0 rings (SSSR count). The van der Waals surface area contributed by atoms with Crippen LogP contribution >= 0.6 is 12.6 Å². The molecule has 0 radical (unpaired) electrons. The van der Waals surface area contributed by atoms with Crippen molar-refractivity contribution in [1.82, 2.24) is 10.2 Å². The topological polar surface area (TPSA) is 32.3 Å². The molecule has 1 atom stereocenters. The van der Waals surface area contributed by atoms with Crippen LogP contribution in [0.5, 0.6) is 0 Å². The zero-order chi connectivity index (χ0) is 11.4. The average molecular weight is 218 g/mol. The second kappa shape index (κ2) is 5.61. The predicted octanol–water partition coefficient (Wildman–Crippen LogP) is 1.01. The zero-order valence-corrected chi connectivity index (χ0v) is 10.7. The van der Waals surface area contributed by atoms with E-state index in [1.54, 1.807) is 0 Å². The van der Waals surface area contributed by atoms with Crippen LogP contribution in [-0.2, 0) is 4.79 Å². The van der Waals surface area contributed by atoms with Crippen LogP contribution < -0.4 is 5.32 Å². The Bertz CT molecular complexity index is 187. The van der Waals surface area contributed by atoms with Crippen molar-refractivity contribution in [1.29, 1.82) is 0 Å². The number of rotatable bonds is 4. The molecule has 3 nitrogen and oxygen atoms in total. The first kappa shape index (κ1) is 13.8. The van der Waals surface area contributed by atoms with Gasteiger partial charge in [-0.15, -0.1) is 0 Å². The quantitative estimate of drug-likeness (QED) is 0.690. The van der Waals surface area contributed by atoms with Crippen molar-refractivity contribution in [2.75, 3.05) is 26.4 Å². The molecular formula is C10H22N2OS. The molecule has 1 amide bonds. The molecular weight excluding hydrogens is 196 g/mol. The standard InChI is InChI=1S/C10H22N2OS/c1-10(2,3)8(6-12(4)5)11-9(13)7-14/h8,14H,6-7H2,1-5H3,(H,11,13). The Labute approximate surface area is 92.7 Å². The Hall–Kier alpha value is -0.220. The summed E-state index contributed by atoms with van der Waals surface area (Å²) in [5.41, 5.74) is 0.0723. The Morgan fingerprint density at radius 3 is 2.21 bits per heavy atom. The fourth-order valence-corrected chi connectivity index (χ4v) is 1.23. The van der Waals surface area contributed by atoms with E-state index in [2.05, 4.69) is 43.6 Å². The van der Waals surface area contributed by atoms with E-state index in [-0.39, 0.29) is 23.1 Å². The Morgan fingerprint density at radius 2 is 1.93 bits per heavy atom. The average Bonchev–Trinajstić information content (AvgIpc) is 2.00. The highest BCUT2D eigenvalue weighted by Gasteiger charge is 2.26.